The molecule has 0 amide bonds. The summed E-state index contributed by atoms with van der Waals surface area (Å²) in [4.78, 5) is 16.8. The van der Waals surface area contributed by atoms with Crippen molar-refractivity contribution in [3.63, 3.8) is 0 Å². The lowest BCUT2D eigenvalue weighted by Gasteiger charge is -2.44. The standard InChI is InChI=1S/C22H19ClN2OS/c1-22-12-25(10-13-5-3-2-4-6-13)11-17-19(22)18(21(24)27-17)20(26)15-8-7-14(23)9-16(15)22/h2-9H,10-12,24H2,1H3. The molecule has 1 aliphatic heterocycles. The smallest absolute Gasteiger partial charge is 0.196 e. The molecule has 1 aliphatic carbocycles. The lowest BCUT2D eigenvalue weighted by atomic mass is 9.66. The van der Waals surface area contributed by atoms with Crippen LogP contribution in [0.3, 0.4) is 0 Å². The summed E-state index contributed by atoms with van der Waals surface area (Å²) in [6.45, 7) is 4.74. The second-order valence-corrected chi connectivity index (χ2v) is 9.19. The molecule has 0 saturated heterocycles. The number of benzene rings is 2. The Bertz CT molecular complexity index is 1080. The van der Waals surface area contributed by atoms with Crippen LogP contribution >= 0.6 is 22.9 Å². The normalized spacial score (nSPS) is 21.0. The second-order valence-electron chi connectivity index (χ2n) is 7.62. The summed E-state index contributed by atoms with van der Waals surface area (Å²) in [5.41, 5.74) is 10.9. The topological polar surface area (TPSA) is 46.3 Å². The average molecular weight is 395 g/mol. The number of fused-ring (bicyclic) bond motifs is 2. The highest BCUT2D eigenvalue weighted by Crippen LogP contribution is 2.52. The van der Waals surface area contributed by atoms with Gasteiger partial charge < -0.3 is 5.73 Å². The molecule has 0 radical (unpaired) electrons. The summed E-state index contributed by atoms with van der Waals surface area (Å²) in [5, 5.41) is 1.30. The quantitative estimate of drug-likeness (QED) is 0.675. The fourth-order valence-electron chi connectivity index (χ4n) is 4.68. The molecule has 0 fully saturated rings. The first-order chi connectivity index (χ1) is 13.0. The van der Waals surface area contributed by atoms with E-state index in [9.17, 15) is 4.79 Å². The molecule has 0 bridgehead atoms. The molecule has 3 aromatic rings. The number of nitrogens with zero attached hydrogens (tertiary/aromatic N) is 1. The van der Waals surface area contributed by atoms with Crippen molar-refractivity contribution in [3.05, 3.63) is 86.2 Å². The van der Waals surface area contributed by atoms with Crippen molar-refractivity contribution in [2.45, 2.75) is 25.4 Å². The lowest BCUT2D eigenvalue weighted by molar-refractivity contribution is 0.102. The summed E-state index contributed by atoms with van der Waals surface area (Å²) in [6, 6.07) is 16.1. The van der Waals surface area contributed by atoms with E-state index < -0.39 is 0 Å². The van der Waals surface area contributed by atoms with E-state index in [4.69, 9.17) is 17.3 Å². The Morgan fingerprint density at radius 2 is 2.00 bits per heavy atom. The number of nitrogen functional groups attached to an aromatic ring is 1. The maximum absolute atomic E-state index is 13.1. The van der Waals surface area contributed by atoms with Gasteiger partial charge >= 0.3 is 0 Å². The molecule has 136 valence electrons. The fraction of sp³-hybridized carbons (Fsp3) is 0.227. The molecule has 2 N–H and O–H groups in total. The van der Waals surface area contributed by atoms with E-state index in [0.717, 1.165) is 36.3 Å². The van der Waals surface area contributed by atoms with Crippen molar-refractivity contribution in [1.29, 1.82) is 0 Å². The molecule has 5 heteroatoms. The van der Waals surface area contributed by atoms with E-state index in [1.54, 1.807) is 17.4 Å². The van der Waals surface area contributed by atoms with Crippen molar-refractivity contribution in [2.75, 3.05) is 12.3 Å². The number of ketones is 1. The monoisotopic (exact) mass is 394 g/mol. The summed E-state index contributed by atoms with van der Waals surface area (Å²) < 4.78 is 0. The van der Waals surface area contributed by atoms with E-state index in [0.29, 0.717) is 15.6 Å². The van der Waals surface area contributed by atoms with Crippen molar-refractivity contribution in [3.8, 4) is 0 Å². The number of carbonyl (C=O) groups is 1. The number of halogens is 1. The first-order valence-corrected chi connectivity index (χ1v) is 10.2. The Hall–Kier alpha value is -2.14. The van der Waals surface area contributed by atoms with Crippen LogP contribution in [0.15, 0.2) is 48.5 Å². The summed E-state index contributed by atoms with van der Waals surface area (Å²) in [7, 11) is 0. The van der Waals surface area contributed by atoms with E-state index >= 15 is 0 Å². The van der Waals surface area contributed by atoms with Gasteiger partial charge in [0.2, 0.25) is 0 Å². The van der Waals surface area contributed by atoms with Gasteiger partial charge in [-0.3, -0.25) is 9.69 Å². The van der Waals surface area contributed by atoms with Gasteiger partial charge in [0, 0.05) is 40.5 Å². The van der Waals surface area contributed by atoms with Gasteiger partial charge in [-0.05, 0) is 34.9 Å². The predicted octanol–water partition coefficient (Wildman–Crippen LogP) is 4.85. The van der Waals surface area contributed by atoms with E-state index in [2.05, 4.69) is 36.1 Å². The molecule has 2 aliphatic rings. The molecular weight excluding hydrogens is 376 g/mol. The first-order valence-electron chi connectivity index (χ1n) is 9.00. The number of anilines is 1. The summed E-state index contributed by atoms with van der Waals surface area (Å²) >= 11 is 7.88. The van der Waals surface area contributed by atoms with Gasteiger partial charge in [0.15, 0.2) is 5.78 Å². The van der Waals surface area contributed by atoms with Crippen LogP contribution in [0.4, 0.5) is 5.00 Å². The second kappa shape index (κ2) is 5.93. The Morgan fingerprint density at radius 3 is 2.78 bits per heavy atom. The minimum atomic E-state index is -0.292. The Labute approximate surface area is 167 Å². The third-order valence-electron chi connectivity index (χ3n) is 5.76. The van der Waals surface area contributed by atoms with E-state index in [1.165, 1.54) is 10.4 Å². The summed E-state index contributed by atoms with van der Waals surface area (Å²) in [6.07, 6.45) is 0. The Kier molecular flexibility index (Phi) is 3.73. The van der Waals surface area contributed by atoms with Crippen LogP contribution in [0, 0.1) is 0 Å². The highest BCUT2D eigenvalue weighted by Gasteiger charge is 2.47. The molecule has 0 spiro atoms. The molecule has 1 atom stereocenters. The fourth-order valence-corrected chi connectivity index (χ4v) is 6.09. The van der Waals surface area contributed by atoms with Crippen LogP contribution in [0.2, 0.25) is 5.02 Å². The van der Waals surface area contributed by atoms with Crippen molar-refractivity contribution < 1.29 is 4.79 Å². The van der Waals surface area contributed by atoms with Crippen LogP contribution in [0.25, 0.3) is 0 Å². The van der Waals surface area contributed by atoms with Crippen molar-refractivity contribution in [1.82, 2.24) is 4.90 Å². The largest absolute Gasteiger partial charge is 0.390 e. The lowest BCUT2D eigenvalue weighted by Crippen LogP contribution is -2.46. The molecule has 0 saturated carbocycles. The molecule has 5 rings (SSSR count). The molecule has 2 aromatic carbocycles. The Balaban J connectivity index is 1.67. The molecule has 2 heterocycles. The molecular formula is C22H19ClN2OS. The predicted molar refractivity (Wildman–Crippen MR) is 111 cm³/mol. The van der Waals surface area contributed by atoms with Gasteiger partial charge in [-0.1, -0.05) is 48.9 Å². The summed E-state index contributed by atoms with van der Waals surface area (Å²) in [5.74, 6) is 0.0330. The van der Waals surface area contributed by atoms with Crippen LogP contribution in [-0.4, -0.2) is 17.2 Å². The zero-order chi connectivity index (χ0) is 18.8. The van der Waals surface area contributed by atoms with Crippen molar-refractivity contribution in [2.24, 2.45) is 0 Å². The van der Waals surface area contributed by atoms with Crippen molar-refractivity contribution >= 4 is 33.7 Å². The maximum atomic E-state index is 13.1. The van der Waals surface area contributed by atoms with Crippen LogP contribution in [0.1, 0.15) is 44.4 Å². The first kappa shape index (κ1) is 17.0. The SMILES string of the molecule is CC12CN(Cc3ccccc3)Cc3sc(N)c(c31)C(=O)c1ccc(Cl)cc12. The van der Waals surface area contributed by atoms with Gasteiger partial charge in [0.05, 0.1) is 10.6 Å². The van der Waals surface area contributed by atoms with E-state index in [1.807, 2.05) is 18.2 Å². The van der Waals surface area contributed by atoms with Gasteiger partial charge in [-0.15, -0.1) is 11.3 Å². The van der Waals surface area contributed by atoms with Crippen LogP contribution in [-0.2, 0) is 18.5 Å². The number of rotatable bonds is 2. The average Bonchev–Trinajstić information content (AvgIpc) is 2.98. The minimum Gasteiger partial charge on any atom is -0.390 e. The van der Waals surface area contributed by atoms with Gasteiger partial charge in [-0.2, -0.15) is 0 Å². The zero-order valence-electron chi connectivity index (χ0n) is 15.0. The number of carbonyl (C=O) groups excluding carboxylic acids is 1. The molecule has 3 nitrogen and oxygen atoms in total. The van der Waals surface area contributed by atoms with Crippen LogP contribution < -0.4 is 5.73 Å². The third-order valence-corrected chi connectivity index (χ3v) is 7.00. The highest BCUT2D eigenvalue weighted by atomic mass is 35.5. The molecule has 27 heavy (non-hydrogen) atoms. The molecule has 1 unspecified atom stereocenters. The van der Waals surface area contributed by atoms with E-state index in [-0.39, 0.29) is 11.2 Å². The maximum Gasteiger partial charge on any atom is 0.196 e. The number of thiophene rings is 1. The molecule has 1 aromatic heterocycles. The number of hydrogen-bond acceptors (Lipinski definition) is 4. The number of nitrogens with two attached hydrogens (primary N) is 1. The Morgan fingerprint density at radius 1 is 1.22 bits per heavy atom. The van der Waals surface area contributed by atoms with Gasteiger partial charge in [0.25, 0.3) is 0 Å². The van der Waals surface area contributed by atoms with Gasteiger partial charge in [0.1, 0.15) is 0 Å². The van der Waals surface area contributed by atoms with Gasteiger partial charge in [-0.25, -0.2) is 0 Å². The third kappa shape index (κ3) is 2.48. The minimum absolute atomic E-state index is 0.0330. The zero-order valence-corrected chi connectivity index (χ0v) is 16.5. The number of hydrogen-bond donors (Lipinski definition) is 1. The van der Waals surface area contributed by atoms with Crippen LogP contribution in [0.5, 0.6) is 0 Å². The highest BCUT2D eigenvalue weighted by molar-refractivity contribution is 7.16.